The number of hydrogen-bond donors (Lipinski definition) is 2. The average molecular weight is 309 g/mol. The third-order valence-corrected chi connectivity index (χ3v) is 4.62. The molecule has 7 heteroatoms. The molecule has 0 bridgehead atoms. The van der Waals surface area contributed by atoms with Gasteiger partial charge in [0.25, 0.3) is 5.91 Å². The van der Waals surface area contributed by atoms with Crippen LogP contribution in [0.1, 0.15) is 49.9 Å². The predicted molar refractivity (Wildman–Crippen MR) is 86.3 cm³/mol. The number of hydrazine groups is 1. The summed E-state index contributed by atoms with van der Waals surface area (Å²) in [5.74, 6) is 6.24. The van der Waals surface area contributed by atoms with Gasteiger partial charge in [0, 0.05) is 29.5 Å². The summed E-state index contributed by atoms with van der Waals surface area (Å²) in [6.45, 7) is 9.75. The number of thioether (sulfide) groups is 1. The lowest BCUT2D eigenvalue weighted by Crippen LogP contribution is -2.44. The maximum atomic E-state index is 12.8. The molecule has 0 aromatic carbocycles. The highest BCUT2D eigenvalue weighted by atomic mass is 32.2. The van der Waals surface area contributed by atoms with E-state index in [4.69, 9.17) is 5.84 Å². The number of nitrogens with two attached hydrogens (primary N) is 1. The van der Waals surface area contributed by atoms with Crippen LogP contribution in [0.3, 0.4) is 0 Å². The smallest absolute Gasteiger partial charge is 0.274 e. The molecule has 3 N–H and O–H groups in total. The van der Waals surface area contributed by atoms with Gasteiger partial charge in [-0.1, -0.05) is 27.7 Å². The van der Waals surface area contributed by atoms with Gasteiger partial charge < -0.3 is 10.3 Å². The Bertz CT molecular complexity index is 512. The largest absolute Gasteiger partial charge is 0.335 e. The van der Waals surface area contributed by atoms with E-state index in [2.05, 4.69) is 29.2 Å². The van der Waals surface area contributed by atoms with Crippen molar-refractivity contribution in [1.29, 1.82) is 0 Å². The van der Waals surface area contributed by atoms with Crippen LogP contribution in [0.5, 0.6) is 0 Å². The van der Waals surface area contributed by atoms with Gasteiger partial charge in [0.1, 0.15) is 5.82 Å². The summed E-state index contributed by atoms with van der Waals surface area (Å²) in [4.78, 5) is 23.3. The van der Waals surface area contributed by atoms with E-state index in [-0.39, 0.29) is 11.8 Å². The first kappa shape index (κ1) is 16.0. The quantitative estimate of drug-likeness (QED) is 0.655. The number of carbonyl (C=O) groups is 1. The number of nitrogens with one attached hydrogen (secondary N) is 1. The third kappa shape index (κ3) is 3.65. The van der Waals surface area contributed by atoms with Crippen molar-refractivity contribution >= 4 is 23.4 Å². The summed E-state index contributed by atoms with van der Waals surface area (Å²) in [6.07, 6.45) is 1.58. The summed E-state index contributed by atoms with van der Waals surface area (Å²) in [7, 11) is 0. The molecule has 2 rings (SSSR count). The van der Waals surface area contributed by atoms with Gasteiger partial charge in [-0.2, -0.15) is 11.8 Å². The van der Waals surface area contributed by atoms with Crippen molar-refractivity contribution in [3.8, 4) is 0 Å². The third-order valence-electron chi connectivity index (χ3n) is 3.39. The second-order valence-corrected chi connectivity index (χ2v) is 7.64. The summed E-state index contributed by atoms with van der Waals surface area (Å²) < 4.78 is 0. The highest BCUT2D eigenvalue weighted by Crippen LogP contribution is 2.26. The van der Waals surface area contributed by atoms with Crippen molar-refractivity contribution in [3.05, 3.63) is 17.7 Å². The van der Waals surface area contributed by atoms with Gasteiger partial charge in [-0.3, -0.25) is 10.6 Å². The van der Waals surface area contributed by atoms with Crippen LogP contribution >= 0.6 is 11.8 Å². The minimum Gasteiger partial charge on any atom is -0.335 e. The zero-order valence-electron chi connectivity index (χ0n) is 13.0. The van der Waals surface area contributed by atoms with Crippen LogP contribution in [0, 0.1) is 0 Å². The highest BCUT2D eigenvalue weighted by Gasteiger charge is 2.29. The van der Waals surface area contributed by atoms with Gasteiger partial charge in [0.15, 0.2) is 5.69 Å². The highest BCUT2D eigenvalue weighted by molar-refractivity contribution is 8.00. The van der Waals surface area contributed by atoms with E-state index in [1.807, 2.05) is 30.5 Å². The predicted octanol–water partition coefficient (Wildman–Crippen LogP) is 1.85. The first-order chi connectivity index (χ1) is 9.92. The van der Waals surface area contributed by atoms with Crippen molar-refractivity contribution in [2.24, 2.45) is 5.84 Å². The van der Waals surface area contributed by atoms with Crippen molar-refractivity contribution < 1.29 is 4.79 Å². The van der Waals surface area contributed by atoms with Gasteiger partial charge in [0.05, 0.1) is 11.9 Å². The van der Waals surface area contributed by atoms with Crippen LogP contribution in [0.15, 0.2) is 6.20 Å². The molecule has 0 aliphatic carbocycles. The van der Waals surface area contributed by atoms with E-state index in [1.54, 1.807) is 6.20 Å². The van der Waals surface area contributed by atoms with Gasteiger partial charge in [-0.15, -0.1) is 0 Å². The molecule has 21 heavy (non-hydrogen) atoms. The fraction of sp³-hybridized carbons (Fsp3) is 0.643. The van der Waals surface area contributed by atoms with E-state index in [0.29, 0.717) is 27.7 Å². The molecular weight excluding hydrogens is 286 g/mol. The first-order valence-electron chi connectivity index (χ1n) is 7.20. The van der Waals surface area contributed by atoms with E-state index in [1.165, 1.54) is 0 Å². The normalized spacial score (nSPS) is 22.5. The van der Waals surface area contributed by atoms with Gasteiger partial charge in [0.2, 0.25) is 0 Å². The fourth-order valence-electron chi connectivity index (χ4n) is 2.44. The lowest BCUT2D eigenvalue weighted by atomic mass is 10.2. The van der Waals surface area contributed by atoms with Crippen LogP contribution < -0.4 is 11.3 Å². The van der Waals surface area contributed by atoms with E-state index >= 15 is 0 Å². The van der Waals surface area contributed by atoms with Crippen LogP contribution in [-0.4, -0.2) is 44.4 Å². The number of rotatable bonds is 3. The maximum absolute atomic E-state index is 12.8. The maximum Gasteiger partial charge on any atom is 0.274 e. The summed E-state index contributed by atoms with van der Waals surface area (Å²) in [5.41, 5.74) is 3.36. The molecule has 2 unspecified atom stereocenters. The molecule has 0 saturated carbocycles. The first-order valence-corrected chi connectivity index (χ1v) is 8.15. The number of hydrogen-bond acceptors (Lipinski definition) is 6. The molecule has 1 amide bonds. The molecule has 0 radical (unpaired) electrons. The van der Waals surface area contributed by atoms with E-state index in [0.717, 1.165) is 13.1 Å². The average Bonchev–Trinajstić information content (AvgIpc) is 2.44. The Hall–Kier alpha value is -1.34. The molecule has 116 valence electrons. The van der Waals surface area contributed by atoms with Gasteiger partial charge >= 0.3 is 0 Å². The number of nitrogen functional groups attached to an aromatic ring is 1. The van der Waals surface area contributed by atoms with Gasteiger partial charge in [-0.25, -0.2) is 9.97 Å². The molecule has 0 spiro atoms. The molecule has 1 fully saturated rings. The second-order valence-electron chi connectivity index (χ2n) is 5.76. The van der Waals surface area contributed by atoms with E-state index < -0.39 is 0 Å². The summed E-state index contributed by atoms with van der Waals surface area (Å²) in [5, 5.41) is 0.858. The Kier molecular flexibility index (Phi) is 5.05. The molecule has 1 aromatic heterocycles. The van der Waals surface area contributed by atoms with E-state index in [9.17, 15) is 4.79 Å². The Morgan fingerprint density at radius 2 is 2.05 bits per heavy atom. The Labute approximate surface area is 129 Å². The molecule has 2 heterocycles. The van der Waals surface area contributed by atoms with Gasteiger partial charge in [-0.05, 0) is 0 Å². The topological polar surface area (TPSA) is 84.1 Å². The van der Waals surface area contributed by atoms with Crippen LogP contribution in [0.2, 0.25) is 0 Å². The zero-order chi connectivity index (χ0) is 15.6. The molecule has 1 aliphatic heterocycles. The number of anilines is 1. The minimum atomic E-state index is -0.0775. The Balaban J connectivity index is 2.30. The number of carbonyl (C=O) groups excluding carboxylic acids is 1. The number of aromatic nitrogens is 2. The molecule has 1 aliphatic rings. The van der Waals surface area contributed by atoms with Crippen LogP contribution in [0.4, 0.5) is 5.69 Å². The molecule has 1 aromatic rings. The Morgan fingerprint density at radius 1 is 1.43 bits per heavy atom. The number of amides is 1. The van der Waals surface area contributed by atoms with Crippen molar-refractivity contribution in [2.75, 3.05) is 18.5 Å². The standard InChI is InChI=1S/C14H23N5OS/c1-8(2)13-16-5-11(18-15)12(17-13)14(20)19-6-9(3)21-10(4)7-19/h5,8-10,18H,6-7,15H2,1-4H3. The summed E-state index contributed by atoms with van der Waals surface area (Å²) >= 11 is 1.91. The minimum absolute atomic E-state index is 0.0775. The van der Waals surface area contributed by atoms with Crippen molar-refractivity contribution in [2.45, 2.75) is 44.1 Å². The molecule has 1 saturated heterocycles. The van der Waals surface area contributed by atoms with Crippen LogP contribution in [0.25, 0.3) is 0 Å². The lowest BCUT2D eigenvalue weighted by Gasteiger charge is -2.34. The molecule has 2 atom stereocenters. The second kappa shape index (κ2) is 6.62. The fourth-order valence-corrected chi connectivity index (χ4v) is 3.76. The van der Waals surface area contributed by atoms with Crippen molar-refractivity contribution in [1.82, 2.24) is 14.9 Å². The lowest BCUT2D eigenvalue weighted by molar-refractivity contribution is 0.0748. The molecule has 6 nitrogen and oxygen atoms in total. The SMILES string of the molecule is CC1CN(C(=O)c2nc(C(C)C)ncc2NN)CC(C)S1. The van der Waals surface area contributed by atoms with Crippen LogP contribution in [-0.2, 0) is 0 Å². The monoisotopic (exact) mass is 309 g/mol. The Morgan fingerprint density at radius 3 is 2.57 bits per heavy atom. The number of nitrogens with zero attached hydrogens (tertiary/aromatic N) is 3. The molecular formula is C14H23N5OS. The zero-order valence-corrected chi connectivity index (χ0v) is 13.8. The van der Waals surface area contributed by atoms with Crippen molar-refractivity contribution in [3.63, 3.8) is 0 Å². The summed E-state index contributed by atoms with van der Waals surface area (Å²) in [6, 6.07) is 0.